The fourth-order valence-electron chi connectivity index (χ4n) is 2.59. The molecule has 1 aromatic heterocycles. The van der Waals surface area contributed by atoms with Gasteiger partial charge in [-0.15, -0.1) is 0 Å². The van der Waals surface area contributed by atoms with Crippen LogP contribution in [0.1, 0.15) is 15.9 Å². The highest BCUT2D eigenvalue weighted by Gasteiger charge is 2.18. The van der Waals surface area contributed by atoms with Gasteiger partial charge in [0.25, 0.3) is 0 Å². The number of rotatable bonds is 4. The lowest BCUT2D eigenvalue weighted by Gasteiger charge is -2.12. The summed E-state index contributed by atoms with van der Waals surface area (Å²) in [6, 6.07) is 8.88. The fraction of sp³-hybridized carbons (Fsp3) is 0.111. The molecule has 3 aromatic rings. The standard InChI is InChI=1S/C18H14O6/c1-23-17-11(8-19)6-13-15(22)7-16(24-18(13)14(17)9-20)10-2-4-12(21)5-3-10/h2-7,9,19,21H,8H2,1H3. The maximum Gasteiger partial charge on any atom is 0.193 e. The van der Waals surface area contributed by atoms with Crippen molar-refractivity contribution in [2.24, 2.45) is 0 Å². The largest absolute Gasteiger partial charge is 0.508 e. The Hall–Kier alpha value is -3.12. The fourth-order valence-corrected chi connectivity index (χ4v) is 2.59. The summed E-state index contributed by atoms with van der Waals surface area (Å²) in [5, 5.41) is 19.0. The number of fused-ring (bicyclic) bond motifs is 1. The summed E-state index contributed by atoms with van der Waals surface area (Å²) in [4.78, 5) is 23.9. The van der Waals surface area contributed by atoms with Crippen LogP contribution in [0.5, 0.6) is 11.5 Å². The molecule has 24 heavy (non-hydrogen) atoms. The molecule has 0 radical (unpaired) electrons. The van der Waals surface area contributed by atoms with Crippen LogP contribution in [0.15, 0.2) is 45.6 Å². The number of aliphatic hydroxyl groups excluding tert-OH is 1. The second kappa shape index (κ2) is 6.17. The Morgan fingerprint density at radius 2 is 1.92 bits per heavy atom. The van der Waals surface area contributed by atoms with Gasteiger partial charge in [0.15, 0.2) is 17.3 Å². The molecular formula is C18H14O6. The summed E-state index contributed by atoms with van der Waals surface area (Å²) in [7, 11) is 1.37. The van der Waals surface area contributed by atoms with E-state index < -0.39 is 0 Å². The Morgan fingerprint density at radius 1 is 1.21 bits per heavy atom. The maximum absolute atomic E-state index is 12.4. The molecule has 1 heterocycles. The number of aromatic hydroxyl groups is 1. The van der Waals surface area contributed by atoms with Gasteiger partial charge in [-0.25, -0.2) is 0 Å². The van der Waals surface area contributed by atoms with E-state index in [4.69, 9.17) is 9.15 Å². The minimum atomic E-state index is -0.376. The van der Waals surface area contributed by atoms with E-state index in [9.17, 15) is 19.8 Å². The molecule has 0 unspecified atom stereocenters. The van der Waals surface area contributed by atoms with Gasteiger partial charge in [0.05, 0.1) is 19.1 Å². The van der Waals surface area contributed by atoms with E-state index >= 15 is 0 Å². The van der Waals surface area contributed by atoms with Crippen LogP contribution in [0.3, 0.4) is 0 Å². The summed E-state index contributed by atoms with van der Waals surface area (Å²) in [6.07, 6.45) is 0.532. The molecule has 0 aliphatic rings. The van der Waals surface area contributed by atoms with Gasteiger partial charge in [0.1, 0.15) is 22.8 Å². The van der Waals surface area contributed by atoms with E-state index in [2.05, 4.69) is 0 Å². The number of hydrogen-bond donors (Lipinski definition) is 2. The zero-order chi connectivity index (χ0) is 17.3. The monoisotopic (exact) mass is 326 g/mol. The molecule has 0 amide bonds. The highest BCUT2D eigenvalue weighted by atomic mass is 16.5. The highest BCUT2D eigenvalue weighted by Crippen LogP contribution is 2.32. The summed E-state index contributed by atoms with van der Waals surface area (Å²) in [5.74, 6) is 0.519. The van der Waals surface area contributed by atoms with Crippen molar-refractivity contribution in [1.82, 2.24) is 0 Å². The smallest absolute Gasteiger partial charge is 0.193 e. The Kier molecular flexibility index (Phi) is 4.05. The number of phenols is 1. The molecule has 6 heteroatoms. The third-order valence-corrected chi connectivity index (χ3v) is 3.73. The van der Waals surface area contributed by atoms with Crippen molar-refractivity contribution in [3.05, 3.63) is 57.7 Å². The molecule has 0 saturated heterocycles. The SMILES string of the molecule is COc1c(CO)cc2c(=O)cc(-c3ccc(O)cc3)oc2c1C=O. The molecule has 2 N–H and O–H groups in total. The van der Waals surface area contributed by atoms with Crippen molar-refractivity contribution in [3.8, 4) is 22.8 Å². The zero-order valence-corrected chi connectivity index (χ0v) is 12.8. The second-order valence-corrected chi connectivity index (χ2v) is 5.16. The minimum Gasteiger partial charge on any atom is -0.508 e. The van der Waals surface area contributed by atoms with Crippen LogP contribution in [0.2, 0.25) is 0 Å². The van der Waals surface area contributed by atoms with E-state index in [1.165, 1.54) is 31.4 Å². The van der Waals surface area contributed by atoms with Crippen molar-refractivity contribution in [3.63, 3.8) is 0 Å². The van der Waals surface area contributed by atoms with E-state index in [0.717, 1.165) is 0 Å². The maximum atomic E-state index is 12.4. The van der Waals surface area contributed by atoms with Crippen molar-refractivity contribution in [2.45, 2.75) is 6.61 Å². The van der Waals surface area contributed by atoms with Gasteiger partial charge in [0, 0.05) is 17.2 Å². The van der Waals surface area contributed by atoms with Crippen LogP contribution in [-0.4, -0.2) is 23.6 Å². The summed E-state index contributed by atoms with van der Waals surface area (Å²) < 4.78 is 10.9. The quantitative estimate of drug-likeness (QED) is 0.715. The van der Waals surface area contributed by atoms with Crippen LogP contribution in [0.25, 0.3) is 22.3 Å². The minimum absolute atomic E-state index is 0.0665. The first kappa shape index (κ1) is 15.8. The first-order valence-electron chi connectivity index (χ1n) is 7.12. The molecule has 0 fully saturated rings. The molecule has 0 aliphatic carbocycles. The summed E-state index contributed by atoms with van der Waals surface area (Å²) >= 11 is 0. The van der Waals surface area contributed by atoms with Gasteiger partial charge in [-0.05, 0) is 30.3 Å². The van der Waals surface area contributed by atoms with Crippen LogP contribution in [-0.2, 0) is 6.61 Å². The lowest BCUT2D eigenvalue weighted by atomic mass is 10.0. The Labute approximate surface area is 136 Å². The third-order valence-electron chi connectivity index (χ3n) is 3.73. The van der Waals surface area contributed by atoms with E-state index in [-0.39, 0.29) is 45.8 Å². The third kappa shape index (κ3) is 2.53. The van der Waals surface area contributed by atoms with Gasteiger partial charge in [-0.3, -0.25) is 9.59 Å². The van der Waals surface area contributed by atoms with Gasteiger partial charge in [-0.2, -0.15) is 0 Å². The molecule has 122 valence electrons. The number of ether oxygens (including phenoxy) is 1. The summed E-state index contributed by atoms with van der Waals surface area (Å²) in [6.45, 7) is -0.376. The Balaban J connectivity index is 2.36. The van der Waals surface area contributed by atoms with Gasteiger partial charge in [0.2, 0.25) is 0 Å². The molecule has 3 rings (SSSR count). The first-order valence-corrected chi connectivity index (χ1v) is 7.12. The average Bonchev–Trinajstić information content (AvgIpc) is 2.60. The number of hydrogen-bond acceptors (Lipinski definition) is 6. The Morgan fingerprint density at radius 3 is 2.50 bits per heavy atom. The van der Waals surface area contributed by atoms with Crippen LogP contribution < -0.4 is 10.2 Å². The number of methoxy groups -OCH3 is 1. The predicted octanol–water partition coefficient (Wildman–Crippen LogP) is 2.48. The predicted molar refractivity (Wildman–Crippen MR) is 87.4 cm³/mol. The number of aliphatic hydroxyl groups is 1. The second-order valence-electron chi connectivity index (χ2n) is 5.16. The lowest BCUT2D eigenvalue weighted by molar-refractivity contribution is 0.112. The molecule has 2 aromatic carbocycles. The van der Waals surface area contributed by atoms with Crippen LogP contribution >= 0.6 is 0 Å². The number of phenolic OH excluding ortho intramolecular Hbond substituents is 1. The van der Waals surface area contributed by atoms with E-state index in [1.807, 2.05) is 0 Å². The molecule has 0 atom stereocenters. The van der Waals surface area contributed by atoms with E-state index in [1.54, 1.807) is 12.1 Å². The Bertz CT molecular complexity index is 969. The number of carbonyl (C=O) groups is 1. The first-order chi connectivity index (χ1) is 11.6. The molecule has 0 spiro atoms. The van der Waals surface area contributed by atoms with E-state index in [0.29, 0.717) is 17.4 Å². The normalized spacial score (nSPS) is 10.8. The average molecular weight is 326 g/mol. The van der Waals surface area contributed by atoms with Gasteiger partial charge >= 0.3 is 0 Å². The number of carbonyl (C=O) groups excluding carboxylic acids is 1. The molecule has 0 aliphatic heterocycles. The molecule has 0 bridgehead atoms. The zero-order valence-electron chi connectivity index (χ0n) is 12.8. The van der Waals surface area contributed by atoms with Crippen LogP contribution in [0.4, 0.5) is 0 Å². The summed E-state index contributed by atoms with van der Waals surface area (Å²) in [5.41, 5.74) is 0.719. The van der Waals surface area contributed by atoms with Crippen LogP contribution in [0, 0.1) is 0 Å². The number of benzene rings is 2. The van der Waals surface area contributed by atoms with Crippen molar-refractivity contribution in [2.75, 3.05) is 7.11 Å². The topological polar surface area (TPSA) is 97.0 Å². The van der Waals surface area contributed by atoms with Crippen molar-refractivity contribution >= 4 is 17.3 Å². The number of aldehydes is 1. The van der Waals surface area contributed by atoms with Gasteiger partial charge < -0.3 is 19.4 Å². The molecular weight excluding hydrogens is 312 g/mol. The van der Waals surface area contributed by atoms with Crippen molar-refractivity contribution < 1.29 is 24.2 Å². The van der Waals surface area contributed by atoms with Gasteiger partial charge in [-0.1, -0.05) is 0 Å². The van der Waals surface area contributed by atoms with Crippen molar-refractivity contribution in [1.29, 1.82) is 0 Å². The highest BCUT2D eigenvalue weighted by molar-refractivity contribution is 5.98. The molecule has 6 nitrogen and oxygen atoms in total. The molecule has 0 saturated carbocycles. The lowest BCUT2D eigenvalue weighted by Crippen LogP contribution is -2.06.